The number of piperidine rings is 1. The Hall–Kier alpha value is -5.25. The second kappa shape index (κ2) is 15.3. The van der Waals surface area contributed by atoms with Crippen LogP contribution in [0.2, 0.25) is 5.02 Å². The first-order valence-corrected chi connectivity index (χ1v) is 17.1. The lowest BCUT2D eigenvalue weighted by molar-refractivity contribution is -0.127. The molecule has 1 aliphatic heterocycles. The highest BCUT2D eigenvalue weighted by Gasteiger charge is 2.24. The fourth-order valence-corrected chi connectivity index (χ4v) is 5.17. The molecule has 1 fully saturated rings. The molecule has 0 aliphatic carbocycles. The molecule has 1 amide bonds. The van der Waals surface area contributed by atoms with Crippen LogP contribution in [0.5, 0.6) is 23.0 Å². The van der Waals surface area contributed by atoms with E-state index in [0.717, 1.165) is 10.9 Å². The van der Waals surface area contributed by atoms with E-state index in [9.17, 15) is 13.2 Å². The molecule has 0 bridgehead atoms. The Kier molecular flexibility index (Phi) is 11.0. The van der Waals surface area contributed by atoms with E-state index in [1.807, 2.05) is 48.5 Å². The molecule has 16 heteroatoms. The molecule has 0 saturated carbocycles. The number of hydrogen-bond donors (Lipinski definition) is 2. The normalized spacial score (nSPS) is 13.3. The summed E-state index contributed by atoms with van der Waals surface area (Å²) in [6.07, 6.45) is 4.85. The van der Waals surface area contributed by atoms with Crippen molar-refractivity contribution in [2.45, 2.75) is 25.9 Å². The van der Waals surface area contributed by atoms with Crippen LogP contribution in [0.1, 0.15) is 18.7 Å². The van der Waals surface area contributed by atoms with Crippen LogP contribution in [0.3, 0.4) is 0 Å². The molecule has 2 N–H and O–H groups in total. The number of methoxy groups -OCH3 is 1. The van der Waals surface area contributed by atoms with Gasteiger partial charge in [-0.1, -0.05) is 24.2 Å². The maximum Gasteiger partial charge on any atom is 0.261 e. The Labute approximate surface area is 287 Å². The van der Waals surface area contributed by atoms with Crippen LogP contribution >= 0.6 is 11.6 Å². The van der Waals surface area contributed by atoms with Gasteiger partial charge in [0.2, 0.25) is 17.7 Å². The zero-order valence-electron chi connectivity index (χ0n) is 26.8. The average Bonchev–Trinajstić information content (AvgIpc) is 3.51. The summed E-state index contributed by atoms with van der Waals surface area (Å²) in [6.45, 7) is 6.51. The summed E-state index contributed by atoms with van der Waals surface area (Å²) in [5.74, 6) is 3.65. The van der Waals surface area contributed by atoms with E-state index in [1.54, 1.807) is 25.0 Å². The Morgan fingerprint density at radius 2 is 1.82 bits per heavy atom. The van der Waals surface area contributed by atoms with Crippen molar-refractivity contribution in [2.75, 3.05) is 31.8 Å². The zero-order chi connectivity index (χ0) is 35.1. The SMILES string of the molecule is C=CC(=O)N1CCC(Oc2cc3c(Nc4ccc(Oc5cccc(-c6nnc(C)o6)c5)cc4Cl)ncnc3cc2OC)CC1.CS(=O)(=O)O. The predicted octanol–water partition coefficient (Wildman–Crippen LogP) is 6.25. The number of carbonyl (C=O) groups excluding carboxylic acids is 1. The largest absolute Gasteiger partial charge is 0.493 e. The highest BCUT2D eigenvalue weighted by molar-refractivity contribution is 7.85. The van der Waals surface area contributed by atoms with Crippen molar-refractivity contribution < 1.29 is 36.4 Å². The predicted molar refractivity (Wildman–Crippen MR) is 183 cm³/mol. The van der Waals surface area contributed by atoms with E-state index < -0.39 is 10.1 Å². The molecule has 14 nitrogen and oxygen atoms in total. The third-order valence-electron chi connectivity index (χ3n) is 7.18. The van der Waals surface area contributed by atoms with Crippen molar-refractivity contribution in [3.8, 4) is 34.5 Å². The number of benzene rings is 3. The number of amides is 1. The number of aryl methyl sites for hydroxylation is 1. The Morgan fingerprint density at radius 3 is 2.47 bits per heavy atom. The van der Waals surface area contributed by atoms with Gasteiger partial charge < -0.3 is 28.8 Å². The van der Waals surface area contributed by atoms with E-state index >= 15 is 0 Å². The van der Waals surface area contributed by atoms with Crippen molar-refractivity contribution in [3.05, 3.63) is 84.5 Å². The minimum absolute atomic E-state index is 0.0671. The van der Waals surface area contributed by atoms with E-state index in [2.05, 4.69) is 32.1 Å². The van der Waals surface area contributed by atoms with Crippen LogP contribution in [0.4, 0.5) is 11.5 Å². The molecule has 5 aromatic rings. The van der Waals surface area contributed by atoms with Gasteiger partial charge in [0.1, 0.15) is 29.7 Å². The van der Waals surface area contributed by atoms with E-state index in [-0.39, 0.29) is 12.0 Å². The minimum atomic E-state index is -3.67. The minimum Gasteiger partial charge on any atom is -0.493 e. The summed E-state index contributed by atoms with van der Waals surface area (Å²) in [6, 6.07) is 16.4. The summed E-state index contributed by atoms with van der Waals surface area (Å²) in [5, 5.41) is 12.4. The molecule has 0 unspecified atom stereocenters. The van der Waals surface area contributed by atoms with Gasteiger partial charge in [0.15, 0.2) is 11.5 Å². The summed E-state index contributed by atoms with van der Waals surface area (Å²) < 4.78 is 49.4. The van der Waals surface area contributed by atoms with Crippen molar-refractivity contribution in [2.24, 2.45) is 0 Å². The average molecular weight is 709 g/mol. The lowest BCUT2D eigenvalue weighted by atomic mass is 10.1. The standard InChI is InChI=1S/C32H29ClN6O5.CH4O3S/c1-4-30(40)39-12-10-21(11-13-39)44-29-16-24-27(17-28(29)41-3)34-18-35-31(24)36-26-9-8-23(15-25(26)33)43-22-7-5-6-20(14-22)32-38-37-19(2)42-32;1-5(2,3)4/h4-9,14-18,21H,1,10-13H2,2-3H3,(H,34,35,36);1H3,(H,2,3,4). The van der Waals surface area contributed by atoms with Crippen LogP contribution in [0.25, 0.3) is 22.4 Å². The molecular weight excluding hydrogens is 676 g/mol. The number of ether oxygens (including phenoxy) is 3. The monoisotopic (exact) mass is 708 g/mol. The van der Waals surface area contributed by atoms with Gasteiger partial charge in [-0.3, -0.25) is 9.35 Å². The highest BCUT2D eigenvalue weighted by atomic mass is 35.5. The van der Waals surface area contributed by atoms with E-state index in [4.69, 9.17) is 34.8 Å². The molecule has 1 aliphatic rings. The number of hydrogen-bond acceptors (Lipinski definition) is 12. The summed E-state index contributed by atoms with van der Waals surface area (Å²) in [4.78, 5) is 22.6. The lowest BCUT2D eigenvalue weighted by Crippen LogP contribution is -2.41. The molecule has 0 atom stereocenters. The van der Waals surface area contributed by atoms with Gasteiger partial charge in [-0.05, 0) is 42.5 Å². The second-order valence-electron chi connectivity index (χ2n) is 10.8. The third-order valence-corrected chi connectivity index (χ3v) is 7.49. The smallest absolute Gasteiger partial charge is 0.261 e. The van der Waals surface area contributed by atoms with E-state index in [1.165, 1.54) is 12.4 Å². The second-order valence-corrected chi connectivity index (χ2v) is 12.7. The molecule has 0 spiro atoms. The number of anilines is 2. The van der Waals surface area contributed by atoms with Gasteiger partial charge in [-0.2, -0.15) is 8.42 Å². The number of carbonyl (C=O) groups is 1. The molecule has 0 radical (unpaired) electrons. The number of fused-ring (bicyclic) bond motifs is 1. The van der Waals surface area contributed by atoms with Crippen LogP contribution < -0.4 is 19.5 Å². The zero-order valence-corrected chi connectivity index (χ0v) is 28.4. The van der Waals surface area contributed by atoms with Crippen molar-refractivity contribution in [1.29, 1.82) is 0 Å². The molecule has 3 heterocycles. The van der Waals surface area contributed by atoms with Gasteiger partial charge in [0.05, 0.1) is 29.6 Å². The van der Waals surface area contributed by atoms with Gasteiger partial charge in [-0.25, -0.2) is 9.97 Å². The Morgan fingerprint density at radius 1 is 1.08 bits per heavy atom. The summed E-state index contributed by atoms with van der Waals surface area (Å²) in [5.41, 5.74) is 2.05. The number of nitrogens with one attached hydrogen (secondary N) is 1. The first-order chi connectivity index (χ1) is 23.4. The quantitative estimate of drug-likeness (QED) is 0.130. The van der Waals surface area contributed by atoms with Crippen LogP contribution in [-0.4, -0.2) is 76.5 Å². The molecule has 1 saturated heterocycles. The van der Waals surface area contributed by atoms with Crippen LogP contribution in [0.15, 0.2) is 78.0 Å². The fraction of sp³-hybridized carbons (Fsp3) is 0.242. The Balaban J connectivity index is 0.000000874. The number of likely N-dealkylation sites (tertiary alicyclic amines) is 1. The number of rotatable bonds is 9. The van der Waals surface area contributed by atoms with Gasteiger partial charge in [-0.15, -0.1) is 10.2 Å². The molecule has 256 valence electrons. The molecule has 3 aromatic carbocycles. The van der Waals surface area contributed by atoms with Crippen LogP contribution in [-0.2, 0) is 14.9 Å². The molecule has 2 aromatic heterocycles. The van der Waals surface area contributed by atoms with Crippen LogP contribution in [0, 0.1) is 6.92 Å². The van der Waals surface area contributed by atoms with Gasteiger partial charge in [0, 0.05) is 55.9 Å². The molecule has 6 rings (SSSR count). The summed E-state index contributed by atoms with van der Waals surface area (Å²) >= 11 is 6.68. The highest BCUT2D eigenvalue weighted by Crippen LogP contribution is 2.38. The number of aromatic nitrogens is 4. The first kappa shape index (κ1) is 35.1. The van der Waals surface area contributed by atoms with Crippen molar-refractivity contribution in [1.82, 2.24) is 25.1 Å². The van der Waals surface area contributed by atoms with Gasteiger partial charge >= 0.3 is 0 Å². The van der Waals surface area contributed by atoms with Gasteiger partial charge in [0.25, 0.3) is 10.1 Å². The topological polar surface area (TPSA) is 179 Å². The fourth-order valence-electron chi connectivity index (χ4n) is 4.95. The summed E-state index contributed by atoms with van der Waals surface area (Å²) in [7, 11) is -2.08. The van der Waals surface area contributed by atoms with E-state index in [0.29, 0.717) is 89.0 Å². The van der Waals surface area contributed by atoms with Crippen molar-refractivity contribution >= 4 is 50.0 Å². The number of halogens is 1. The molecule has 49 heavy (non-hydrogen) atoms. The third kappa shape index (κ3) is 9.43. The lowest BCUT2D eigenvalue weighted by Gasteiger charge is -2.31. The number of nitrogens with zero attached hydrogens (tertiary/aromatic N) is 5. The van der Waals surface area contributed by atoms with Crippen molar-refractivity contribution in [3.63, 3.8) is 0 Å². The molecular formula is C33H33ClN6O8S. The Bertz CT molecular complexity index is 2080. The first-order valence-electron chi connectivity index (χ1n) is 14.9. The maximum absolute atomic E-state index is 12.0. The maximum atomic E-state index is 12.0.